The average Bonchev–Trinajstić information content (AvgIpc) is 2.52. The first-order valence-corrected chi connectivity index (χ1v) is 8.60. The minimum Gasteiger partial charge on any atom is -0.377 e. The fraction of sp³-hybridized carbons (Fsp3) is 0.684. The second-order valence-electron chi connectivity index (χ2n) is 5.85. The number of hydrogen-bond acceptors (Lipinski definition) is 2. The summed E-state index contributed by atoms with van der Waals surface area (Å²) in [6.45, 7) is 7.48. The van der Waals surface area contributed by atoms with Gasteiger partial charge in [-0.1, -0.05) is 63.8 Å². The van der Waals surface area contributed by atoms with E-state index < -0.39 is 0 Å². The molecule has 2 heteroatoms. The van der Waals surface area contributed by atoms with Crippen LogP contribution in [-0.2, 0) is 11.2 Å². The van der Waals surface area contributed by atoms with Crippen molar-refractivity contribution in [2.75, 3.05) is 13.7 Å². The Hall–Kier alpha value is -0.860. The van der Waals surface area contributed by atoms with Crippen LogP contribution in [0.4, 0.5) is 0 Å². The minimum atomic E-state index is 0.202. The van der Waals surface area contributed by atoms with Gasteiger partial charge in [-0.3, -0.25) is 0 Å². The molecule has 0 aliphatic heterocycles. The number of unbranched alkanes of at least 4 members (excludes halogenated alkanes) is 4. The maximum absolute atomic E-state index is 6.02. The standard InChI is InChI=1S/C19H33NO/c1-5-7-8-9-10-15-21-16(3)19(20-4)18-13-11-17(6-2)12-14-18/h11-14,16,19-20H,5-10,15H2,1-4H3. The molecular formula is C19H33NO. The molecule has 0 saturated carbocycles. The third-order valence-corrected chi connectivity index (χ3v) is 4.16. The maximum Gasteiger partial charge on any atom is 0.0741 e. The Balaban J connectivity index is 2.39. The normalized spacial score (nSPS) is 14.1. The Morgan fingerprint density at radius 3 is 2.24 bits per heavy atom. The molecule has 0 aliphatic carbocycles. The van der Waals surface area contributed by atoms with Crippen molar-refractivity contribution in [3.05, 3.63) is 35.4 Å². The topological polar surface area (TPSA) is 21.3 Å². The summed E-state index contributed by atoms with van der Waals surface area (Å²) in [7, 11) is 2.01. The van der Waals surface area contributed by atoms with Crippen molar-refractivity contribution in [1.29, 1.82) is 0 Å². The molecule has 0 radical (unpaired) electrons. The molecule has 1 aromatic rings. The van der Waals surface area contributed by atoms with E-state index in [9.17, 15) is 0 Å². The van der Waals surface area contributed by atoms with E-state index in [2.05, 4.69) is 50.4 Å². The fourth-order valence-electron chi connectivity index (χ4n) is 2.70. The minimum absolute atomic E-state index is 0.202. The average molecular weight is 291 g/mol. The summed E-state index contributed by atoms with van der Waals surface area (Å²) in [5, 5.41) is 3.39. The Bertz CT molecular complexity index is 360. The molecule has 0 fully saturated rings. The lowest BCUT2D eigenvalue weighted by atomic mass is 10.0. The number of likely N-dealkylation sites (N-methyl/N-ethyl adjacent to an activating group) is 1. The maximum atomic E-state index is 6.02. The van der Waals surface area contributed by atoms with Gasteiger partial charge in [0.15, 0.2) is 0 Å². The van der Waals surface area contributed by atoms with Gasteiger partial charge in [-0.15, -0.1) is 0 Å². The van der Waals surface area contributed by atoms with Crippen LogP contribution < -0.4 is 5.32 Å². The summed E-state index contributed by atoms with van der Waals surface area (Å²) in [4.78, 5) is 0. The lowest BCUT2D eigenvalue weighted by Crippen LogP contribution is -2.29. The third-order valence-electron chi connectivity index (χ3n) is 4.16. The number of hydrogen-bond donors (Lipinski definition) is 1. The lowest BCUT2D eigenvalue weighted by molar-refractivity contribution is 0.0379. The summed E-state index contributed by atoms with van der Waals surface area (Å²) in [6, 6.07) is 9.16. The molecule has 0 aromatic heterocycles. The highest BCUT2D eigenvalue weighted by molar-refractivity contribution is 5.25. The molecule has 0 aliphatic rings. The predicted octanol–water partition coefficient (Wildman–Crippen LogP) is 4.89. The van der Waals surface area contributed by atoms with Crippen molar-refractivity contribution in [1.82, 2.24) is 5.32 Å². The van der Waals surface area contributed by atoms with Crippen LogP contribution >= 0.6 is 0 Å². The Morgan fingerprint density at radius 2 is 1.67 bits per heavy atom. The molecule has 0 spiro atoms. The molecule has 2 atom stereocenters. The van der Waals surface area contributed by atoms with Crippen molar-refractivity contribution >= 4 is 0 Å². The van der Waals surface area contributed by atoms with E-state index in [1.807, 2.05) is 7.05 Å². The van der Waals surface area contributed by atoms with Gasteiger partial charge >= 0.3 is 0 Å². The largest absolute Gasteiger partial charge is 0.377 e. The van der Waals surface area contributed by atoms with Crippen molar-refractivity contribution in [3.8, 4) is 0 Å². The number of aryl methyl sites for hydroxylation is 1. The van der Waals surface area contributed by atoms with Crippen molar-refractivity contribution in [2.45, 2.75) is 71.4 Å². The first-order chi connectivity index (χ1) is 10.2. The van der Waals surface area contributed by atoms with E-state index in [-0.39, 0.29) is 12.1 Å². The molecule has 0 bridgehead atoms. The lowest BCUT2D eigenvalue weighted by Gasteiger charge is -2.24. The zero-order valence-electron chi connectivity index (χ0n) is 14.3. The molecule has 1 N–H and O–H groups in total. The van der Waals surface area contributed by atoms with Crippen LogP contribution in [-0.4, -0.2) is 19.8 Å². The zero-order valence-corrected chi connectivity index (χ0v) is 14.3. The van der Waals surface area contributed by atoms with E-state index in [1.165, 1.54) is 43.2 Å². The van der Waals surface area contributed by atoms with Gasteiger partial charge in [0, 0.05) is 6.61 Å². The Morgan fingerprint density at radius 1 is 1.00 bits per heavy atom. The zero-order chi connectivity index (χ0) is 15.5. The summed E-state index contributed by atoms with van der Waals surface area (Å²) >= 11 is 0. The summed E-state index contributed by atoms with van der Waals surface area (Å²) in [5.41, 5.74) is 2.70. The second kappa shape index (κ2) is 10.8. The number of ether oxygens (including phenoxy) is 1. The van der Waals surface area contributed by atoms with Crippen LogP contribution in [0.1, 0.15) is 70.0 Å². The van der Waals surface area contributed by atoms with Crippen LogP contribution in [0.2, 0.25) is 0 Å². The van der Waals surface area contributed by atoms with Gasteiger partial charge in [-0.2, -0.15) is 0 Å². The molecule has 1 rings (SSSR count). The van der Waals surface area contributed by atoms with E-state index >= 15 is 0 Å². The molecule has 0 saturated heterocycles. The molecule has 2 nitrogen and oxygen atoms in total. The van der Waals surface area contributed by atoms with Crippen LogP contribution in [0, 0.1) is 0 Å². The molecule has 0 amide bonds. The van der Waals surface area contributed by atoms with Gasteiger partial charge in [0.05, 0.1) is 12.1 Å². The highest BCUT2D eigenvalue weighted by Crippen LogP contribution is 2.20. The quantitative estimate of drug-likeness (QED) is 0.586. The van der Waals surface area contributed by atoms with Crippen LogP contribution in [0.5, 0.6) is 0 Å². The Labute approximate surface area is 131 Å². The molecule has 1 aromatic carbocycles. The first kappa shape index (κ1) is 18.2. The number of nitrogens with one attached hydrogen (secondary N) is 1. The van der Waals surface area contributed by atoms with Crippen molar-refractivity contribution < 1.29 is 4.74 Å². The van der Waals surface area contributed by atoms with Gasteiger partial charge < -0.3 is 10.1 Å². The Kier molecular flexibility index (Phi) is 9.36. The molecule has 2 unspecified atom stereocenters. The van der Waals surface area contributed by atoms with E-state index in [0.29, 0.717) is 0 Å². The van der Waals surface area contributed by atoms with Gasteiger partial charge in [0.2, 0.25) is 0 Å². The number of rotatable bonds is 11. The van der Waals surface area contributed by atoms with Crippen molar-refractivity contribution in [2.24, 2.45) is 0 Å². The first-order valence-electron chi connectivity index (χ1n) is 8.60. The van der Waals surface area contributed by atoms with Gasteiger partial charge in [-0.05, 0) is 37.9 Å². The monoisotopic (exact) mass is 291 g/mol. The molecule has 0 heterocycles. The predicted molar refractivity (Wildman–Crippen MR) is 91.8 cm³/mol. The van der Waals surface area contributed by atoms with Gasteiger partial charge in [0.1, 0.15) is 0 Å². The van der Waals surface area contributed by atoms with Gasteiger partial charge in [-0.25, -0.2) is 0 Å². The van der Waals surface area contributed by atoms with Crippen molar-refractivity contribution in [3.63, 3.8) is 0 Å². The van der Waals surface area contributed by atoms with Crippen LogP contribution in [0.3, 0.4) is 0 Å². The number of benzene rings is 1. The summed E-state index contributed by atoms with van der Waals surface area (Å²) < 4.78 is 6.02. The second-order valence-corrected chi connectivity index (χ2v) is 5.85. The van der Waals surface area contributed by atoms with E-state index in [0.717, 1.165) is 13.0 Å². The molecule has 21 heavy (non-hydrogen) atoms. The SMILES string of the molecule is CCCCCCCOC(C)C(NC)c1ccc(CC)cc1. The smallest absolute Gasteiger partial charge is 0.0741 e. The molecule has 120 valence electrons. The third kappa shape index (κ3) is 6.62. The summed E-state index contributed by atoms with van der Waals surface area (Å²) in [5.74, 6) is 0. The van der Waals surface area contributed by atoms with E-state index in [1.54, 1.807) is 0 Å². The fourth-order valence-corrected chi connectivity index (χ4v) is 2.70. The summed E-state index contributed by atoms with van der Waals surface area (Å²) in [6.07, 6.45) is 7.74. The highest BCUT2D eigenvalue weighted by atomic mass is 16.5. The van der Waals surface area contributed by atoms with E-state index in [4.69, 9.17) is 4.74 Å². The molecular weight excluding hydrogens is 258 g/mol. The van der Waals surface area contributed by atoms with Crippen LogP contribution in [0.15, 0.2) is 24.3 Å². The van der Waals surface area contributed by atoms with Crippen LogP contribution in [0.25, 0.3) is 0 Å². The highest BCUT2D eigenvalue weighted by Gasteiger charge is 2.17. The van der Waals surface area contributed by atoms with Gasteiger partial charge in [0.25, 0.3) is 0 Å².